The molecular formula is C27H37N7O6. The van der Waals surface area contributed by atoms with Crippen molar-refractivity contribution in [2.24, 2.45) is 11.7 Å². The fraction of sp³-hybridized carbons (Fsp3) is 0.444. The summed E-state index contributed by atoms with van der Waals surface area (Å²) in [5.74, 6) is -3.77. The van der Waals surface area contributed by atoms with Crippen LogP contribution in [-0.4, -0.2) is 79.1 Å². The van der Waals surface area contributed by atoms with Crippen molar-refractivity contribution in [3.05, 3.63) is 54.2 Å². The molecule has 0 spiro atoms. The highest BCUT2D eigenvalue weighted by Crippen LogP contribution is 2.20. The van der Waals surface area contributed by atoms with Crippen LogP contribution in [0.3, 0.4) is 0 Å². The van der Waals surface area contributed by atoms with Crippen molar-refractivity contribution in [3.63, 3.8) is 0 Å². The van der Waals surface area contributed by atoms with Crippen molar-refractivity contribution in [2.75, 3.05) is 0 Å². The first-order valence-electron chi connectivity index (χ1n) is 13.1. The van der Waals surface area contributed by atoms with E-state index >= 15 is 0 Å². The van der Waals surface area contributed by atoms with Crippen molar-refractivity contribution >= 4 is 34.6 Å². The molecule has 13 nitrogen and oxygen atoms in total. The number of nitrogens with two attached hydrogens (primary N) is 1. The van der Waals surface area contributed by atoms with Crippen molar-refractivity contribution < 1.29 is 29.4 Å². The van der Waals surface area contributed by atoms with Gasteiger partial charge in [0, 0.05) is 41.8 Å². The van der Waals surface area contributed by atoms with E-state index in [0.29, 0.717) is 12.1 Å². The lowest BCUT2D eigenvalue weighted by atomic mass is 9.96. The smallest absolute Gasteiger partial charge is 0.328 e. The molecule has 9 N–H and O–H groups in total. The molecule has 3 rings (SSSR count). The highest BCUT2D eigenvalue weighted by Gasteiger charge is 2.34. The number of benzene rings is 1. The lowest BCUT2D eigenvalue weighted by Gasteiger charge is -2.28. The Hall–Kier alpha value is -4.23. The Balaban J connectivity index is 1.84. The van der Waals surface area contributed by atoms with Gasteiger partial charge in [-0.1, -0.05) is 38.5 Å². The van der Waals surface area contributed by atoms with Gasteiger partial charge in [-0.15, -0.1) is 0 Å². The maximum atomic E-state index is 13.6. The number of aromatic amines is 2. The number of aliphatic hydroxyl groups excluding tert-OH is 1. The number of fused-ring (bicyclic) bond motifs is 1. The number of carbonyl (C=O) groups is 4. The number of nitrogens with zero attached hydrogens (tertiary/aromatic N) is 1. The molecule has 0 aliphatic carbocycles. The number of hydrogen-bond donors (Lipinski definition) is 8. The fourth-order valence-electron chi connectivity index (χ4n) is 4.32. The monoisotopic (exact) mass is 555 g/mol. The van der Waals surface area contributed by atoms with Crippen LogP contribution in [0.2, 0.25) is 0 Å². The molecule has 0 saturated heterocycles. The number of aliphatic carboxylic acids is 1. The largest absolute Gasteiger partial charge is 0.480 e. The Labute approximate surface area is 231 Å². The first-order chi connectivity index (χ1) is 19.0. The minimum absolute atomic E-state index is 0.0959. The highest BCUT2D eigenvalue weighted by atomic mass is 16.4. The van der Waals surface area contributed by atoms with Crippen LogP contribution in [0.4, 0.5) is 0 Å². The number of carbonyl (C=O) groups excluding carboxylic acids is 3. The zero-order chi connectivity index (χ0) is 29.4. The zero-order valence-corrected chi connectivity index (χ0v) is 22.7. The van der Waals surface area contributed by atoms with Crippen LogP contribution in [0.15, 0.2) is 43.0 Å². The van der Waals surface area contributed by atoms with Gasteiger partial charge in [0.2, 0.25) is 17.7 Å². The number of carboxylic acid groups (broad SMARTS) is 1. The Morgan fingerprint density at radius 2 is 1.68 bits per heavy atom. The average molecular weight is 556 g/mol. The van der Waals surface area contributed by atoms with Crippen LogP contribution in [0.5, 0.6) is 0 Å². The summed E-state index contributed by atoms with van der Waals surface area (Å²) >= 11 is 0. The predicted octanol–water partition coefficient (Wildman–Crippen LogP) is -0.0306. The lowest BCUT2D eigenvalue weighted by Crippen LogP contribution is -2.60. The van der Waals surface area contributed by atoms with E-state index < -0.39 is 54.0 Å². The van der Waals surface area contributed by atoms with Crippen molar-refractivity contribution in [3.8, 4) is 0 Å². The molecule has 2 heterocycles. The third-order valence-corrected chi connectivity index (χ3v) is 6.90. The van der Waals surface area contributed by atoms with Crippen LogP contribution < -0.4 is 21.7 Å². The standard InChI is InChI=1S/C27H37N7O6/c1-4-14(2)22(26(38)34-23(15(3)35)27(39)40)33-25(37)21(9-16-11-30-20-8-6-5-7-18(16)20)32-24(36)19(28)10-17-12-29-13-31-17/h5-8,11-15,19,21-23,30,35H,4,9-10,28H2,1-3H3,(H,29,31)(H,32,36)(H,33,37)(H,34,38)(H,39,40). The molecule has 0 aliphatic rings. The maximum Gasteiger partial charge on any atom is 0.328 e. The fourth-order valence-corrected chi connectivity index (χ4v) is 4.32. The third-order valence-electron chi connectivity index (χ3n) is 6.90. The van der Waals surface area contributed by atoms with E-state index in [2.05, 4.69) is 30.9 Å². The summed E-state index contributed by atoms with van der Waals surface area (Å²) in [6, 6.07) is 2.74. The molecule has 216 valence electrons. The van der Waals surface area contributed by atoms with Crippen LogP contribution in [-0.2, 0) is 32.0 Å². The SMILES string of the molecule is CCC(C)C(NC(=O)C(Cc1c[nH]c2ccccc12)NC(=O)C(N)Cc1cnc[nH]1)C(=O)NC(C(=O)O)C(C)O. The van der Waals surface area contributed by atoms with E-state index in [1.807, 2.05) is 31.2 Å². The van der Waals surface area contributed by atoms with Crippen molar-refractivity contribution in [1.82, 2.24) is 30.9 Å². The van der Waals surface area contributed by atoms with Gasteiger partial charge in [-0.25, -0.2) is 9.78 Å². The molecule has 0 fully saturated rings. The Morgan fingerprint density at radius 1 is 0.975 bits per heavy atom. The molecule has 6 unspecified atom stereocenters. The number of amides is 3. The maximum absolute atomic E-state index is 13.6. The van der Waals surface area contributed by atoms with E-state index in [0.717, 1.165) is 16.5 Å². The van der Waals surface area contributed by atoms with Crippen LogP contribution in [0.1, 0.15) is 38.4 Å². The second kappa shape index (κ2) is 13.7. The van der Waals surface area contributed by atoms with E-state index in [4.69, 9.17) is 5.73 Å². The van der Waals surface area contributed by atoms with Gasteiger partial charge < -0.3 is 41.9 Å². The number of aliphatic hydroxyl groups is 1. The van der Waals surface area contributed by atoms with Gasteiger partial charge >= 0.3 is 5.97 Å². The normalized spacial score (nSPS) is 15.8. The van der Waals surface area contributed by atoms with E-state index in [-0.39, 0.29) is 18.8 Å². The Bertz CT molecular complexity index is 1310. The summed E-state index contributed by atoms with van der Waals surface area (Å²) in [4.78, 5) is 61.2. The van der Waals surface area contributed by atoms with Crippen LogP contribution in [0, 0.1) is 5.92 Å². The van der Waals surface area contributed by atoms with Crippen LogP contribution >= 0.6 is 0 Å². The molecule has 3 amide bonds. The summed E-state index contributed by atoms with van der Waals surface area (Å²) < 4.78 is 0. The quantitative estimate of drug-likeness (QED) is 0.135. The molecular weight excluding hydrogens is 518 g/mol. The van der Waals surface area contributed by atoms with Crippen molar-refractivity contribution in [2.45, 2.75) is 70.3 Å². The number of H-pyrrole nitrogens is 2. The van der Waals surface area contributed by atoms with Gasteiger partial charge in [-0.2, -0.15) is 0 Å². The summed E-state index contributed by atoms with van der Waals surface area (Å²) in [6.07, 6.45) is 4.16. The molecule has 0 bridgehead atoms. The van der Waals surface area contributed by atoms with E-state index in [1.165, 1.54) is 13.3 Å². The average Bonchev–Trinajstić information content (AvgIpc) is 3.58. The predicted molar refractivity (Wildman–Crippen MR) is 147 cm³/mol. The van der Waals surface area contributed by atoms with E-state index in [1.54, 1.807) is 19.3 Å². The number of para-hydroxylation sites is 1. The second-order valence-electron chi connectivity index (χ2n) is 9.95. The minimum atomic E-state index is -1.56. The highest BCUT2D eigenvalue weighted by molar-refractivity contribution is 5.95. The number of hydrogen-bond acceptors (Lipinski definition) is 7. The number of carboxylic acids is 1. The van der Waals surface area contributed by atoms with Gasteiger partial charge in [0.05, 0.1) is 18.5 Å². The first kappa shape index (κ1) is 30.3. The second-order valence-corrected chi connectivity index (χ2v) is 9.95. The molecule has 0 saturated carbocycles. The summed E-state index contributed by atoms with van der Waals surface area (Å²) in [7, 11) is 0. The molecule has 13 heteroatoms. The number of imidazole rings is 1. The number of nitrogens with one attached hydrogen (secondary N) is 5. The summed E-state index contributed by atoms with van der Waals surface area (Å²) in [6.45, 7) is 4.80. The molecule has 1 aromatic carbocycles. The molecule has 0 aliphatic heterocycles. The molecule has 40 heavy (non-hydrogen) atoms. The molecule has 3 aromatic rings. The van der Waals surface area contributed by atoms with E-state index in [9.17, 15) is 29.4 Å². The Morgan fingerprint density at radius 3 is 2.30 bits per heavy atom. The van der Waals surface area contributed by atoms with Gasteiger partial charge in [-0.05, 0) is 24.5 Å². The Kier molecular flexibility index (Phi) is 10.4. The van der Waals surface area contributed by atoms with Crippen molar-refractivity contribution in [1.29, 1.82) is 0 Å². The lowest BCUT2D eigenvalue weighted by molar-refractivity contribution is -0.145. The van der Waals surface area contributed by atoms with Gasteiger partial charge in [0.15, 0.2) is 6.04 Å². The number of rotatable bonds is 14. The zero-order valence-electron chi connectivity index (χ0n) is 22.7. The first-order valence-corrected chi connectivity index (χ1v) is 13.1. The van der Waals surface area contributed by atoms with Gasteiger partial charge in [0.1, 0.15) is 12.1 Å². The van der Waals surface area contributed by atoms with Crippen LogP contribution in [0.25, 0.3) is 10.9 Å². The summed E-state index contributed by atoms with van der Waals surface area (Å²) in [5.41, 5.74) is 8.38. The topological polar surface area (TPSA) is 215 Å². The minimum Gasteiger partial charge on any atom is -0.480 e. The molecule has 6 atom stereocenters. The van der Waals surface area contributed by atoms with Gasteiger partial charge in [0.25, 0.3) is 0 Å². The summed E-state index contributed by atoms with van der Waals surface area (Å²) in [5, 5.41) is 27.8. The molecule has 0 radical (unpaired) electrons. The number of aromatic nitrogens is 3. The molecule has 2 aromatic heterocycles. The van der Waals surface area contributed by atoms with Gasteiger partial charge in [-0.3, -0.25) is 14.4 Å². The third kappa shape index (κ3) is 7.67.